The Morgan fingerprint density at radius 2 is 1.31 bits per heavy atom. The van der Waals surface area contributed by atoms with Crippen molar-refractivity contribution in [1.29, 1.82) is 0 Å². The second kappa shape index (κ2) is 5.90. The van der Waals surface area contributed by atoms with E-state index in [0.717, 1.165) is 0 Å². The van der Waals surface area contributed by atoms with Crippen LogP contribution in [0.3, 0.4) is 0 Å². The van der Waals surface area contributed by atoms with E-state index in [-0.39, 0.29) is 6.42 Å². The van der Waals surface area contributed by atoms with E-state index in [1.165, 1.54) is 20.8 Å². The van der Waals surface area contributed by atoms with Gasteiger partial charge < -0.3 is 9.47 Å². The molecule has 0 aromatic carbocycles. The van der Waals surface area contributed by atoms with Gasteiger partial charge in [-0.1, -0.05) is 6.92 Å². The van der Waals surface area contributed by atoms with Gasteiger partial charge in [-0.15, -0.1) is 0 Å². The van der Waals surface area contributed by atoms with E-state index in [9.17, 15) is 53.5 Å². The highest BCUT2D eigenvalue weighted by Crippen LogP contribution is 2.71. The minimum atomic E-state index is -7.19. The molecule has 4 nitrogen and oxygen atoms in total. The zero-order valence-electron chi connectivity index (χ0n) is 14.9. The van der Waals surface area contributed by atoms with Crippen LogP contribution in [0.15, 0.2) is 0 Å². The van der Waals surface area contributed by atoms with Crippen LogP contribution in [0.2, 0.25) is 0 Å². The first-order valence-corrected chi connectivity index (χ1v) is 8.01. The molecule has 2 fully saturated rings. The Morgan fingerprint density at radius 3 is 1.69 bits per heavy atom. The van der Waals surface area contributed by atoms with Gasteiger partial charge in [0.25, 0.3) is 5.60 Å². The number of esters is 2. The van der Waals surface area contributed by atoms with Crippen LogP contribution in [0.1, 0.15) is 33.6 Å². The molecule has 1 saturated heterocycles. The molecule has 2 aliphatic rings. The Morgan fingerprint density at radius 1 is 0.931 bits per heavy atom. The minimum absolute atomic E-state index is 0.0213. The Bertz CT molecular complexity index is 701. The summed E-state index contributed by atoms with van der Waals surface area (Å²) in [4.78, 5) is 23.6. The van der Waals surface area contributed by atoms with E-state index >= 15 is 0 Å². The molecule has 168 valence electrons. The number of carbonyl (C=O) groups excluding carboxylic acids is 2. The van der Waals surface area contributed by atoms with Crippen LogP contribution in [-0.4, -0.2) is 53.3 Å². The summed E-state index contributed by atoms with van der Waals surface area (Å²) in [7, 11) is 0. The second-order valence-electron chi connectivity index (χ2n) is 7.46. The highest BCUT2D eigenvalue weighted by atomic mass is 19.4. The molecule has 0 amide bonds. The maximum absolute atomic E-state index is 14.2. The number of alkyl halides is 10. The van der Waals surface area contributed by atoms with E-state index in [2.05, 4.69) is 9.47 Å². The summed E-state index contributed by atoms with van der Waals surface area (Å²) in [5.41, 5.74) is -6.79. The highest BCUT2D eigenvalue weighted by molar-refractivity contribution is 5.84. The third kappa shape index (κ3) is 2.46. The number of carbonyl (C=O) groups is 2. The largest absolute Gasteiger partial charge is 0.450 e. The van der Waals surface area contributed by atoms with Gasteiger partial charge >= 0.3 is 41.6 Å². The van der Waals surface area contributed by atoms with Crippen LogP contribution in [0.5, 0.6) is 0 Å². The normalized spacial score (nSPS) is 30.7. The van der Waals surface area contributed by atoms with Crippen LogP contribution in [0.4, 0.5) is 43.9 Å². The zero-order valence-corrected chi connectivity index (χ0v) is 14.9. The average molecular weight is 448 g/mol. The molecule has 14 heteroatoms. The number of halogens is 10. The Labute approximate surface area is 156 Å². The lowest BCUT2D eigenvalue weighted by Crippen LogP contribution is -2.85. The first kappa shape index (κ1) is 23.5. The van der Waals surface area contributed by atoms with Gasteiger partial charge in [0.2, 0.25) is 6.10 Å². The molecule has 1 spiro atoms. The molecule has 0 bridgehead atoms. The van der Waals surface area contributed by atoms with Gasteiger partial charge in [0.1, 0.15) is 0 Å². The van der Waals surface area contributed by atoms with Crippen molar-refractivity contribution in [3.05, 3.63) is 0 Å². The van der Waals surface area contributed by atoms with Gasteiger partial charge in [0.15, 0.2) is 0 Å². The zero-order chi connectivity index (χ0) is 23.1. The smallest absolute Gasteiger partial charge is 0.384 e. The van der Waals surface area contributed by atoms with Crippen LogP contribution >= 0.6 is 0 Å². The summed E-state index contributed by atoms with van der Waals surface area (Å²) in [6.45, 7) is 3.87. The average Bonchev–Trinajstić information content (AvgIpc) is 2.91. The van der Waals surface area contributed by atoms with Crippen molar-refractivity contribution in [2.45, 2.75) is 74.9 Å². The van der Waals surface area contributed by atoms with E-state index in [1.807, 2.05) is 0 Å². The molecular weight excluding hydrogens is 434 g/mol. The van der Waals surface area contributed by atoms with Crippen molar-refractivity contribution < 1.29 is 63.0 Å². The maximum atomic E-state index is 14.2. The SMILES string of the molecule is CCC(C)(C)C(=O)OC1CC2(OC1=O)C(F)(F)C(F)(F)C(F)(F)C(F)(F)C2(F)F. The molecule has 0 aromatic rings. The number of rotatable bonds is 3. The first-order chi connectivity index (χ1) is 12.7. The molecule has 29 heavy (non-hydrogen) atoms. The fraction of sp³-hybridized carbons (Fsp3) is 0.867. The summed E-state index contributed by atoms with van der Waals surface area (Å²) in [6, 6.07) is 0. The van der Waals surface area contributed by atoms with Crippen molar-refractivity contribution in [3.63, 3.8) is 0 Å². The van der Waals surface area contributed by atoms with E-state index in [4.69, 9.17) is 0 Å². The summed E-state index contributed by atoms with van der Waals surface area (Å²) >= 11 is 0. The van der Waals surface area contributed by atoms with Crippen molar-refractivity contribution in [2.75, 3.05) is 0 Å². The monoisotopic (exact) mass is 448 g/mol. The maximum Gasteiger partial charge on any atom is 0.384 e. The fourth-order valence-corrected chi connectivity index (χ4v) is 2.83. The number of ether oxygens (including phenoxy) is 2. The van der Waals surface area contributed by atoms with E-state index < -0.39 is 65.1 Å². The molecule has 1 heterocycles. The molecule has 1 unspecified atom stereocenters. The lowest BCUT2D eigenvalue weighted by Gasteiger charge is -2.53. The summed E-state index contributed by atoms with van der Waals surface area (Å²) < 4.78 is 146. The molecule has 2 rings (SSSR count). The van der Waals surface area contributed by atoms with E-state index in [1.54, 1.807) is 0 Å². The van der Waals surface area contributed by atoms with E-state index in [0.29, 0.717) is 0 Å². The molecule has 1 atom stereocenters. The molecule has 0 N–H and O–H groups in total. The summed E-state index contributed by atoms with van der Waals surface area (Å²) in [5, 5.41) is 0. The summed E-state index contributed by atoms with van der Waals surface area (Å²) in [5.74, 6) is -38.2. The standard InChI is InChI=1S/C15H14F10O4/c1-4-9(2,3)8(27)28-6-5-10(29-7(6)26)11(16,17)13(20,21)15(24,25)14(22,23)12(10,18)19/h6H,4-5H2,1-3H3. The van der Waals surface area contributed by atoms with Gasteiger partial charge in [0.05, 0.1) is 5.41 Å². The Kier molecular flexibility index (Phi) is 4.78. The molecule has 1 saturated carbocycles. The van der Waals surface area contributed by atoms with Gasteiger partial charge in [-0.05, 0) is 20.3 Å². The van der Waals surface area contributed by atoms with Crippen LogP contribution < -0.4 is 0 Å². The molecular formula is C15H14F10O4. The van der Waals surface area contributed by atoms with Crippen LogP contribution in [-0.2, 0) is 19.1 Å². The Balaban J connectivity index is 2.59. The van der Waals surface area contributed by atoms with Gasteiger partial charge in [-0.25, -0.2) is 4.79 Å². The van der Waals surface area contributed by atoms with Gasteiger partial charge in [-0.3, -0.25) is 4.79 Å². The topological polar surface area (TPSA) is 52.6 Å². The quantitative estimate of drug-likeness (QED) is 0.480. The first-order valence-electron chi connectivity index (χ1n) is 8.01. The molecule has 1 aliphatic carbocycles. The van der Waals surface area contributed by atoms with Crippen LogP contribution in [0, 0.1) is 5.41 Å². The fourth-order valence-electron chi connectivity index (χ4n) is 2.83. The van der Waals surface area contributed by atoms with Crippen molar-refractivity contribution in [3.8, 4) is 0 Å². The summed E-state index contributed by atoms with van der Waals surface area (Å²) in [6.07, 6.45) is -5.09. The molecule has 0 radical (unpaired) electrons. The molecule has 1 aliphatic heterocycles. The third-order valence-electron chi connectivity index (χ3n) is 5.29. The second-order valence-corrected chi connectivity index (χ2v) is 7.46. The lowest BCUT2D eigenvalue weighted by molar-refractivity contribution is -0.492. The number of hydrogen-bond acceptors (Lipinski definition) is 4. The third-order valence-corrected chi connectivity index (χ3v) is 5.29. The number of hydrogen-bond donors (Lipinski definition) is 0. The minimum Gasteiger partial charge on any atom is -0.450 e. The lowest BCUT2D eigenvalue weighted by atomic mass is 9.69. The van der Waals surface area contributed by atoms with Crippen molar-refractivity contribution >= 4 is 11.9 Å². The molecule has 0 aromatic heterocycles. The van der Waals surface area contributed by atoms with Crippen molar-refractivity contribution in [1.82, 2.24) is 0 Å². The predicted octanol–water partition coefficient (Wildman–Crippen LogP) is 4.21. The predicted molar refractivity (Wildman–Crippen MR) is 72.1 cm³/mol. The van der Waals surface area contributed by atoms with Gasteiger partial charge in [-0.2, -0.15) is 43.9 Å². The Hall–Kier alpha value is -1.76. The van der Waals surface area contributed by atoms with Crippen LogP contribution in [0.25, 0.3) is 0 Å². The van der Waals surface area contributed by atoms with Gasteiger partial charge in [0, 0.05) is 6.42 Å². The highest BCUT2D eigenvalue weighted by Gasteiger charge is 3.02. The van der Waals surface area contributed by atoms with Crippen molar-refractivity contribution in [2.24, 2.45) is 5.41 Å².